The standard InChI is InChI=1S/C20H18F2N2O3S/c1-26-15-8-7-13(11-16(15)27-20(21)22)9-10-23-18(25)17-12-24-19(28-17)14-5-3-2-4-6-14/h2-8,11-12,20H,9-10H2,1H3,(H,23,25). The summed E-state index contributed by atoms with van der Waals surface area (Å²) in [4.78, 5) is 17.1. The number of benzene rings is 2. The summed E-state index contributed by atoms with van der Waals surface area (Å²) < 4.78 is 34.5. The zero-order valence-electron chi connectivity index (χ0n) is 15.0. The molecule has 3 rings (SSSR count). The zero-order chi connectivity index (χ0) is 19.9. The number of carbonyl (C=O) groups excluding carboxylic acids is 1. The molecule has 8 heteroatoms. The maximum atomic E-state index is 12.5. The predicted molar refractivity (Wildman–Crippen MR) is 103 cm³/mol. The first-order chi connectivity index (χ1) is 13.6. The van der Waals surface area contributed by atoms with Crippen molar-refractivity contribution in [1.82, 2.24) is 10.3 Å². The highest BCUT2D eigenvalue weighted by molar-refractivity contribution is 7.16. The number of rotatable bonds is 8. The lowest BCUT2D eigenvalue weighted by Crippen LogP contribution is -2.24. The SMILES string of the molecule is COc1ccc(CCNC(=O)c2cnc(-c3ccccc3)s2)cc1OC(F)F. The van der Waals surface area contributed by atoms with Crippen molar-refractivity contribution < 1.29 is 23.0 Å². The summed E-state index contributed by atoms with van der Waals surface area (Å²) in [6.07, 6.45) is 2.00. The fraction of sp³-hybridized carbons (Fsp3) is 0.200. The molecule has 1 heterocycles. The average Bonchev–Trinajstić information content (AvgIpc) is 3.19. The molecule has 2 aromatic carbocycles. The summed E-state index contributed by atoms with van der Waals surface area (Å²) >= 11 is 1.31. The minimum Gasteiger partial charge on any atom is -0.493 e. The highest BCUT2D eigenvalue weighted by Crippen LogP contribution is 2.29. The lowest BCUT2D eigenvalue weighted by Gasteiger charge is -2.11. The summed E-state index contributed by atoms with van der Waals surface area (Å²) in [5.74, 6) is -0.0280. The molecule has 0 aliphatic rings. The molecule has 28 heavy (non-hydrogen) atoms. The molecule has 3 aromatic rings. The van der Waals surface area contributed by atoms with Crippen LogP contribution < -0.4 is 14.8 Å². The number of methoxy groups -OCH3 is 1. The Morgan fingerprint density at radius 1 is 1.18 bits per heavy atom. The molecule has 5 nitrogen and oxygen atoms in total. The van der Waals surface area contributed by atoms with Gasteiger partial charge in [0.2, 0.25) is 0 Å². The van der Waals surface area contributed by atoms with Gasteiger partial charge < -0.3 is 14.8 Å². The van der Waals surface area contributed by atoms with Crippen LogP contribution in [-0.2, 0) is 6.42 Å². The van der Waals surface area contributed by atoms with Gasteiger partial charge in [-0.3, -0.25) is 4.79 Å². The van der Waals surface area contributed by atoms with Crippen LogP contribution in [0.25, 0.3) is 10.6 Å². The van der Waals surface area contributed by atoms with Gasteiger partial charge >= 0.3 is 6.61 Å². The number of aromatic nitrogens is 1. The normalized spacial score (nSPS) is 10.7. The maximum Gasteiger partial charge on any atom is 0.387 e. The van der Waals surface area contributed by atoms with E-state index in [-0.39, 0.29) is 17.4 Å². The first-order valence-electron chi connectivity index (χ1n) is 8.48. The molecule has 0 spiro atoms. The molecule has 0 bridgehead atoms. The number of carbonyl (C=O) groups is 1. The average molecular weight is 404 g/mol. The van der Waals surface area contributed by atoms with Crippen molar-refractivity contribution in [3.05, 3.63) is 65.2 Å². The number of halogens is 2. The summed E-state index contributed by atoms with van der Waals surface area (Å²) in [5, 5.41) is 3.59. The van der Waals surface area contributed by atoms with Crippen molar-refractivity contribution in [2.24, 2.45) is 0 Å². The minimum atomic E-state index is -2.94. The zero-order valence-corrected chi connectivity index (χ0v) is 15.8. The van der Waals surface area contributed by atoms with Crippen LogP contribution in [0.2, 0.25) is 0 Å². The van der Waals surface area contributed by atoms with Crippen LogP contribution in [0.1, 0.15) is 15.2 Å². The highest BCUT2D eigenvalue weighted by Gasteiger charge is 2.13. The monoisotopic (exact) mass is 404 g/mol. The van der Waals surface area contributed by atoms with Gasteiger partial charge in [-0.2, -0.15) is 8.78 Å². The van der Waals surface area contributed by atoms with E-state index in [1.54, 1.807) is 18.3 Å². The van der Waals surface area contributed by atoms with Gasteiger partial charge in [0.1, 0.15) is 9.88 Å². The van der Waals surface area contributed by atoms with E-state index < -0.39 is 6.61 Å². The number of alkyl halides is 2. The Hall–Kier alpha value is -3.00. The molecule has 1 amide bonds. The van der Waals surface area contributed by atoms with Gasteiger partial charge in [0.05, 0.1) is 13.3 Å². The molecule has 0 aliphatic carbocycles. The number of amides is 1. The second-order valence-corrected chi connectivity index (χ2v) is 6.80. The molecule has 0 saturated carbocycles. The molecular formula is C20H18F2N2O3S. The molecule has 0 radical (unpaired) electrons. The van der Waals surface area contributed by atoms with E-state index in [0.29, 0.717) is 17.8 Å². The molecule has 1 aromatic heterocycles. The number of nitrogens with zero attached hydrogens (tertiary/aromatic N) is 1. The van der Waals surface area contributed by atoms with E-state index in [1.807, 2.05) is 30.3 Å². The Morgan fingerprint density at radius 3 is 2.68 bits per heavy atom. The second kappa shape index (κ2) is 9.27. The van der Waals surface area contributed by atoms with Crippen molar-refractivity contribution in [1.29, 1.82) is 0 Å². The summed E-state index contributed by atoms with van der Waals surface area (Å²) in [5.41, 5.74) is 1.70. The highest BCUT2D eigenvalue weighted by atomic mass is 32.1. The van der Waals surface area contributed by atoms with E-state index in [1.165, 1.54) is 24.5 Å². The molecule has 146 valence electrons. The van der Waals surface area contributed by atoms with Gasteiger partial charge in [0.25, 0.3) is 5.91 Å². The minimum absolute atomic E-state index is 0.0312. The molecule has 0 aliphatic heterocycles. The third-order valence-corrected chi connectivity index (χ3v) is 4.94. The molecular weight excluding hydrogens is 386 g/mol. The lowest BCUT2D eigenvalue weighted by atomic mass is 10.1. The summed E-state index contributed by atoms with van der Waals surface area (Å²) in [7, 11) is 1.38. The Kier molecular flexibility index (Phi) is 6.54. The smallest absolute Gasteiger partial charge is 0.387 e. The maximum absolute atomic E-state index is 12.5. The van der Waals surface area contributed by atoms with Crippen LogP contribution in [0.3, 0.4) is 0 Å². The van der Waals surface area contributed by atoms with Gasteiger partial charge in [-0.1, -0.05) is 36.4 Å². The van der Waals surface area contributed by atoms with Crippen LogP contribution in [0.4, 0.5) is 8.78 Å². The Bertz CT molecular complexity index is 932. The van der Waals surface area contributed by atoms with E-state index in [0.717, 1.165) is 16.1 Å². The van der Waals surface area contributed by atoms with E-state index in [9.17, 15) is 13.6 Å². The van der Waals surface area contributed by atoms with E-state index in [4.69, 9.17) is 4.74 Å². The quantitative estimate of drug-likeness (QED) is 0.605. The van der Waals surface area contributed by atoms with Crippen LogP contribution >= 0.6 is 11.3 Å². The first kappa shape index (κ1) is 19.8. The molecule has 0 unspecified atom stereocenters. The summed E-state index contributed by atoms with van der Waals surface area (Å²) in [6.45, 7) is -2.59. The number of hydrogen-bond acceptors (Lipinski definition) is 5. The van der Waals surface area contributed by atoms with Crippen LogP contribution in [0.5, 0.6) is 11.5 Å². The van der Waals surface area contributed by atoms with Gasteiger partial charge in [0.15, 0.2) is 11.5 Å². The number of nitrogens with one attached hydrogen (secondary N) is 1. The van der Waals surface area contributed by atoms with Crippen molar-refractivity contribution in [3.63, 3.8) is 0 Å². The summed E-state index contributed by atoms with van der Waals surface area (Å²) in [6, 6.07) is 14.4. The molecule has 0 saturated heterocycles. The third kappa shape index (κ3) is 5.04. The van der Waals surface area contributed by atoms with Crippen molar-refractivity contribution in [2.75, 3.05) is 13.7 Å². The van der Waals surface area contributed by atoms with Crippen LogP contribution in [-0.4, -0.2) is 31.2 Å². The Morgan fingerprint density at radius 2 is 1.96 bits per heavy atom. The van der Waals surface area contributed by atoms with Crippen molar-refractivity contribution >= 4 is 17.2 Å². The fourth-order valence-corrected chi connectivity index (χ4v) is 3.40. The number of hydrogen-bond donors (Lipinski definition) is 1. The predicted octanol–water partition coefficient (Wildman–Crippen LogP) is 4.39. The second-order valence-electron chi connectivity index (χ2n) is 5.77. The third-order valence-electron chi connectivity index (χ3n) is 3.89. The van der Waals surface area contributed by atoms with Crippen molar-refractivity contribution in [3.8, 4) is 22.1 Å². The largest absolute Gasteiger partial charge is 0.493 e. The lowest BCUT2D eigenvalue weighted by molar-refractivity contribution is -0.0512. The van der Waals surface area contributed by atoms with Crippen molar-refractivity contribution in [2.45, 2.75) is 13.0 Å². The Labute approximate surface area is 164 Å². The van der Waals surface area contributed by atoms with Crippen LogP contribution in [0, 0.1) is 0 Å². The van der Waals surface area contributed by atoms with Gasteiger partial charge in [-0.05, 0) is 24.1 Å². The van der Waals surface area contributed by atoms with Crippen LogP contribution in [0.15, 0.2) is 54.7 Å². The van der Waals surface area contributed by atoms with E-state index >= 15 is 0 Å². The number of ether oxygens (including phenoxy) is 2. The van der Waals surface area contributed by atoms with Gasteiger partial charge in [-0.25, -0.2) is 4.98 Å². The fourth-order valence-electron chi connectivity index (χ4n) is 2.57. The van der Waals surface area contributed by atoms with Gasteiger partial charge in [-0.15, -0.1) is 11.3 Å². The van der Waals surface area contributed by atoms with E-state index in [2.05, 4.69) is 15.0 Å². The number of thiazole rings is 1. The Balaban J connectivity index is 1.58. The molecule has 1 N–H and O–H groups in total. The first-order valence-corrected chi connectivity index (χ1v) is 9.29. The van der Waals surface area contributed by atoms with Gasteiger partial charge in [0, 0.05) is 12.1 Å². The molecule has 0 atom stereocenters. The topological polar surface area (TPSA) is 60.5 Å². The molecule has 0 fully saturated rings.